The molecule has 0 bridgehead atoms. The highest BCUT2D eigenvalue weighted by atomic mass is 32.2. The minimum Gasteiger partial charge on any atom is -0.496 e. The summed E-state index contributed by atoms with van der Waals surface area (Å²) >= 11 is 0. The molecule has 10 heteroatoms. The van der Waals surface area contributed by atoms with Gasteiger partial charge in [-0.05, 0) is 50.5 Å². The molecule has 3 aromatic rings. The molecule has 1 fully saturated rings. The molecule has 1 aromatic carbocycles. The van der Waals surface area contributed by atoms with Crippen LogP contribution >= 0.6 is 0 Å². The third-order valence-electron chi connectivity index (χ3n) is 6.41. The summed E-state index contributed by atoms with van der Waals surface area (Å²) in [6.07, 6.45) is 2.28. The Morgan fingerprint density at radius 3 is 2.61 bits per heavy atom. The van der Waals surface area contributed by atoms with E-state index in [2.05, 4.69) is 22.2 Å². The lowest BCUT2D eigenvalue weighted by atomic mass is 9.97. The predicted molar refractivity (Wildman–Crippen MR) is 138 cm³/mol. The lowest BCUT2D eigenvalue weighted by Gasteiger charge is -2.33. The van der Waals surface area contributed by atoms with Gasteiger partial charge >= 0.3 is 0 Å². The molecule has 3 N–H and O–H groups in total. The maximum absolute atomic E-state index is 13.7. The molecule has 2 aromatic heterocycles. The Kier molecular flexibility index (Phi) is 6.90. The van der Waals surface area contributed by atoms with Gasteiger partial charge in [0.05, 0.1) is 12.0 Å². The molecule has 0 saturated carbocycles. The van der Waals surface area contributed by atoms with E-state index in [0.29, 0.717) is 30.6 Å². The van der Waals surface area contributed by atoms with Crippen LogP contribution in [0.4, 0.5) is 11.6 Å². The Morgan fingerprint density at radius 2 is 1.94 bits per heavy atom. The Balaban J connectivity index is 1.71. The summed E-state index contributed by atoms with van der Waals surface area (Å²) in [5.41, 5.74) is 6.21. The molecule has 1 saturated heterocycles. The van der Waals surface area contributed by atoms with Crippen LogP contribution in [0.25, 0.3) is 0 Å². The standard InChI is InChI=1S/C26H31N5O4S/c1-17-14-26(2,3)31(16-17)25-23(24(27)32)20(12-13-28-25)36(33,34)22-11-7-10-21(30-22)29-15-18-8-5-6-9-19(18)35-4/h5-13,17H,14-16H2,1-4H3,(H2,27,32)(H,29,30). The summed E-state index contributed by atoms with van der Waals surface area (Å²) in [6, 6.07) is 13.5. The summed E-state index contributed by atoms with van der Waals surface area (Å²) in [4.78, 5) is 23.1. The third kappa shape index (κ3) is 4.86. The second-order valence-corrected chi connectivity index (χ2v) is 11.5. The molecule has 0 radical (unpaired) electrons. The largest absolute Gasteiger partial charge is 0.496 e. The maximum Gasteiger partial charge on any atom is 0.253 e. The number of pyridine rings is 2. The van der Waals surface area contributed by atoms with Gasteiger partial charge in [0.25, 0.3) is 5.91 Å². The zero-order valence-corrected chi connectivity index (χ0v) is 21.7. The van der Waals surface area contributed by atoms with Crippen LogP contribution in [0.5, 0.6) is 5.75 Å². The van der Waals surface area contributed by atoms with Gasteiger partial charge in [0.15, 0.2) is 5.03 Å². The second-order valence-electron chi connectivity index (χ2n) is 9.63. The average Bonchev–Trinajstić information content (AvgIpc) is 3.13. The van der Waals surface area contributed by atoms with Gasteiger partial charge in [0.1, 0.15) is 22.9 Å². The van der Waals surface area contributed by atoms with E-state index in [1.807, 2.05) is 43.0 Å². The summed E-state index contributed by atoms with van der Waals surface area (Å²) < 4.78 is 32.8. The lowest BCUT2D eigenvalue weighted by Crippen LogP contribution is -2.40. The lowest BCUT2D eigenvalue weighted by molar-refractivity contribution is 0.0997. The molecule has 36 heavy (non-hydrogen) atoms. The number of rotatable bonds is 8. The van der Waals surface area contributed by atoms with Crippen LogP contribution in [-0.2, 0) is 16.4 Å². The highest BCUT2D eigenvalue weighted by Gasteiger charge is 2.40. The number of ether oxygens (including phenoxy) is 1. The number of primary amides is 1. The van der Waals surface area contributed by atoms with Gasteiger partial charge in [-0.25, -0.2) is 18.4 Å². The van der Waals surface area contributed by atoms with Gasteiger partial charge in [0.2, 0.25) is 9.84 Å². The Morgan fingerprint density at radius 1 is 1.19 bits per heavy atom. The topological polar surface area (TPSA) is 128 Å². The van der Waals surface area contributed by atoms with Crippen molar-refractivity contribution in [3.8, 4) is 5.75 Å². The summed E-state index contributed by atoms with van der Waals surface area (Å²) in [5.74, 6) is 0.867. The Bertz CT molecular complexity index is 1390. The molecule has 0 spiro atoms. The SMILES string of the molecule is COc1ccccc1CNc1cccc(S(=O)(=O)c2ccnc(N3CC(C)CC3(C)C)c2C(N)=O)n1. The number of hydrogen-bond donors (Lipinski definition) is 2. The van der Waals surface area contributed by atoms with Crippen LogP contribution in [0.2, 0.25) is 0 Å². The van der Waals surface area contributed by atoms with Crippen LogP contribution in [0.15, 0.2) is 64.6 Å². The Hall–Kier alpha value is -3.66. The van der Waals surface area contributed by atoms with Crippen LogP contribution in [0.1, 0.15) is 43.1 Å². The molecule has 3 heterocycles. The molecule has 1 amide bonds. The molecule has 1 aliphatic heterocycles. The maximum atomic E-state index is 13.7. The molecule has 1 atom stereocenters. The summed E-state index contributed by atoms with van der Waals surface area (Å²) in [5, 5.41) is 2.95. The average molecular weight is 510 g/mol. The fourth-order valence-corrected chi connectivity index (χ4v) is 6.27. The van der Waals surface area contributed by atoms with Gasteiger partial charge in [0, 0.05) is 30.4 Å². The quantitative estimate of drug-likeness (QED) is 0.471. The van der Waals surface area contributed by atoms with E-state index in [1.54, 1.807) is 19.2 Å². The molecule has 4 rings (SSSR count). The molecular weight excluding hydrogens is 478 g/mol. The number of nitrogens with zero attached hydrogens (tertiary/aromatic N) is 3. The van der Waals surface area contributed by atoms with E-state index in [9.17, 15) is 13.2 Å². The minimum absolute atomic E-state index is 0.117. The molecule has 9 nitrogen and oxygen atoms in total. The molecule has 1 unspecified atom stereocenters. The smallest absolute Gasteiger partial charge is 0.253 e. The predicted octanol–water partition coefficient (Wildman–Crippen LogP) is 3.65. The van der Waals surface area contributed by atoms with E-state index >= 15 is 0 Å². The van der Waals surface area contributed by atoms with Crippen molar-refractivity contribution in [2.24, 2.45) is 11.7 Å². The number of carbonyl (C=O) groups is 1. The van der Waals surface area contributed by atoms with E-state index < -0.39 is 15.7 Å². The van der Waals surface area contributed by atoms with E-state index in [4.69, 9.17) is 10.5 Å². The molecule has 190 valence electrons. The number of carbonyl (C=O) groups excluding carboxylic acids is 1. The number of benzene rings is 1. The van der Waals surface area contributed by atoms with Crippen molar-refractivity contribution in [3.05, 3.63) is 65.9 Å². The summed E-state index contributed by atoms with van der Waals surface area (Å²) in [7, 11) is -2.59. The van der Waals surface area contributed by atoms with Gasteiger partial charge in [-0.3, -0.25) is 4.79 Å². The molecular formula is C26H31N5O4S. The number of nitrogens with two attached hydrogens (primary N) is 1. The second kappa shape index (κ2) is 9.77. The van der Waals surface area contributed by atoms with Crippen LogP contribution < -0.4 is 20.7 Å². The van der Waals surface area contributed by atoms with Crippen molar-refractivity contribution in [3.63, 3.8) is 0 Å². The first-order chi connectivity index (χ1) is 17.0. The zero-order chi connectivity index (χ0) is 26.1. The van der Waals surface area contributed by atoms with Gasteiger partial charge in [-0.15, -0.1) is 0 Å². The van der Waals surface area contributed by atoms with E-state index in [-0.39, 0.29) is 26.8 Å². The van der Waals surface area contributed by atoms with Crippen molar-refractivity contribution in [1.82, 2.24) is 9.97 Å². The number of hydrogen-bond acceptors (Lipinski definition) is 8. The van der Waals surface area contributed by atoms with Gasteiger partial charge in [-0.1, -0.05) is 31.2 Å². The highest BCUT2D eigenvalue weighted by Crippen LogP contribution is 2.39. The highest BCUT2D eigenvalue weighted by molar-refractivity contribution is 7.91. The van der Waals surface area contributed by atoms with Crippen LogP contribution in [0, 0.1) is 5.92 Å². The van der Waals surface area contributed by atoms with Crippen LogP contribution in [-0.4, -0.2) is 43.5 Å². The fraction of sp³-hybridized carbons (Fsp3) is 0.346. The summed E-state index contributed by atoms with van der Waals surface area (Å²) in [6.45, 7) is 7.23. The first kappa shape index (κ1) is 25.4. The van der Waals surface area contributed by atoms with E-state index in [1.165, 1.54) is 18.3 Å². The van der Waals surface area contributed by atoms with Crippen molar-refractivity contribution in [2.45, 2.75) is 49.2 Å². The molecule has 0 aliphatic carbocycles. The number of nitrogens with one attached hydrogen (secondary N) is 1. The monoisotopic (exact) mass is 509 g/mol. The Labute approximate surface area is 211 Å². The van der Waals surface area contributed by atoms with Gasteiger partial charge < -0.3 is 20.7 Å². The van der Waals surface area contributed by atoms with Crippen molar-refractivity contribution < 1.29 is 17.9 Å². The van der Waals surface area contributed by atoms with Crippen molar-refractivity contribution >= 4 is 27.4 Å². The van der Waals surface area contributed by atoms with Crippen molar-refractivity contribution in [2.75, 3.05) is 23.9 Å². The van der Waals surface area contributed by atoms with Crippen LogP contribution in [0.3, 0.4) is 0 Å². The first-order valence-electron chi connectivity index (χ1n) is 11.7. The number of sulfone groups is 1. The van der Waals surface area contributed by atoms with Crippen molar-refractivity contribution in [1.29, 1.82) is 0 Å². The number of amides is 1. The minimum atomic E-state index is -4.18. The zero-order valence-electron chi connectivity index (χ0n) is 20.9. The fourth-order valence-electron chi connectivity index (χ4n) is 4.86. The van der Waals surface area contributed by atoms with Gasteiger partial charge in [-0.2, -0.15) is 0 Å². The number of anilines is 2. The first-order valence-corrected chi connectivity index (χ1v) is 13.2. The molecule has 1 aliphatic rings. The van der Waals surface area contributed by atoms with E-state index in [0.717, 1.165) is 12.0 Å². The normalized spacial score (nSPS) is 17.1. The number of aromatic nitrogens is 2. The number of methoxy groups -OCH3 is 1. The third-order valence-corrected chi connectivity index (χ3v) is 8.11. The number of para-hydroxylation sites is 1.